The fraction of sp³-hybridized carbons (Fsp3) is 0.263. The van der Waals surface area contributed by atoms with E-state index in [9.17, 15) is 19.8 Å². The Bertz CT molecular complexity index is 838. The minimum Gasteiger partial charge on any atom is -0.508 e. The molecule has 1 amide bonds. The van der Waals surface area contributed by atoms with Gasteiger partial charge < -0.3 is 19.8 Å². The number of phenolic OH excluding ortho intramolecular Hbond substituents is 2. The first-order valence-corrected chi connectivity index (χ1v) is 9.09. The molecule has 0 saturated carbocycles. The zero-order valence-electron chi connectivity index (χ0n) is 14.2. The quantitative estimate of drug-likeness (QED) is 0.804. The summed E-state index contributed by atoms with van der Waals surface area (Å²) in [6.07, 6.45) is 0.831. The molecule has 0 radical (unpaired) electrons. The Labute approximate surface area is 155 Å². The zero-order valence-corrected chi connectivity index (χ0v) is 15.0. The molecular weight excluding hydrogens is 354 g/mol. The Morgan fingerprint density at radius 2 is 2.00 bits per heavy atom. The van der Waals surface area contributed by atoms with Crippen molar-refractivity contribution >= 4 is 29.3 Å². The van der Waals surface area contributed by atoms with E-state index < -0.39 is 18.3 Å². The topological polar surface area (TPSA) is 87.1 Å². The predicted octanol–water partition coefficient (Wildman–Crippen LogP) is 3.17. The van der Waals surface area contributed by atoms with Crippen molar-refractivity contribution in [1.82, 2.24) is 0 Å². The maximum absolute atomic E-state index is 12.6. The molecule has 1 atom stereocenters. The number of hydrogen-bond donors (Lipinski definition) is 2. The van der Waals surface area contributed by atoms with E-state index in [2.05, 4.69) is 6.92 Å². The van der Waals surface area contributed by atoms with Gasteiger partial charge in [-0.3, -0.25) is 4.79 Å². The summed E-state index contributed by atoms with van der Waals surface area (Å²) in [7, 11) is 0. The lowest BCUT2D eigenvalue weighted by Gasteiger charge is -2.22. The van der Waals surface area contributed by atoms with Crippen molar-refractivity contribution in [2.24, 2.45) is 0 Å². The molecule has 0 aliphatic carbocycles. The molecule has 3 rings (SSSR count). The van der Waals surface area contributed by atoms with Crippen LogP contribution in [0.2, 0.25) is 0 Å². The number of nitrogens with zero attached hydrogens (tertiary/aromatic N) is 1. The Kier molecular flexibility index (Phi) is 5.37. The molecular formula is C19H19NO5S. The van der Waals surface area contributed by atoms with E-state index in [4.69, 9.17) is 4.74 Å². The number of ether oxygens (including phenoxy) is 1. The van der Waals surface area contributed by atoms with Crippen LogP contribution in [-0.4, -0.2) is 40.5 Å². The maximum atomic E-state index is 12.6. The number of para-hydroxylation sites is 1. The number of aromatic hydroxyl groups is 2. The van der Waals surface area contributed by atoms with Gasteiger partial charge in [-0.2, -0.15) is 0 Å². The van der Waals surface area contributed by atoms with Crippen LogP contribution in [0.4, 0.5) is 5.69 Å². The first-order valence-electron chi connectivity index (χ1n) is 8.21. The summed E-state index contributed by atoms with van der Waals surface area (Å²) in [4.78, 5) is 27.4. The Morgan fingerprint density at radius 3 is 2.77 bits per heavy atom. The second-order valence-electron chi connectivity index (χ2n) is 6.01. The van der Waals surface area contributed by atoms with Gasteiger partial charge in [0.2, 0.25) is 0 Å². The highest BCUT2D eigenvalue weighted by Crippen LogP contribution is 2.37. The highest BCUT2D eigenvalue weighted by Gasteiger charge is 2.25. The third-order valence-corrected chi connectivity index (χ3v) is 5.31. The number of anilines is 1. The molecule has 0 aromatic heterocycles. The van der Waals surface area contributed by atoms with Crippen LogP contribution in [0, 0.1) is 0 Å². The van der Waals surface area contributed by atoms with E-state index in [0.29, 0.717) is 11.8 Å². The van der Waals surface area contributed by atoms with E-state index in [-0.39, 0.29) is 17.2 Å². The van der Waals surface area contributed by atoms with Crippen molar-refractivity contribution in [3.8, 4) is 11.5 Å². The molecule has 1 aliphatic heterocycles. The fourth-order valence-electron chi connectivity index (χ4n) is 2.72. The number of thioether (sulfide) groups is 1. The van der Waals surface area contributed by atoms with E-state index in [1.54, 1.807) is 16.7 Å². The summed E-state index contributed by atoms with van der Waals surface area (Å²) >= 11 is 1.72. The molecule has 0 unspecified atom stereocenters. The van der Waals surface area contributed by atoms with Crippen LogP contribution < -0.4 is 4.90 Å². The van der Waals surface area contributed by atoms with Gasteiger partial charge >= 0.3 is 5.97 Å². The number of esters is 1. The first-order chi connectivity index (χ1) is 12.5. The van der Waals surface area contributed by atoms with Crippen LogP contribution in [0.25, 0.3) is 0 Å². The average molecular weight is 373 g/mol. The number of benzene rings is 2. The normalized spacial score (nSPS) is 16.5. The van der Waals surface area contributed by atoms with Gasteiger partial charge in [-0.1, -0.05) is 19.1 Å². The van der Waals surface area contributed by atoms with Crippen molar-refractivity contribution in [3.05, 3.63) is 48.0 Å². The van der Waals surface area contributed by atoms with Crippen molar-refractivity contribution in [2.75, 3.05) is 18.1 Å². The fourth-order valence-corrected chi connectivity index (χ4v) is 3.83. The minimum atomic E-state index is -0.818. The molecule has 2 aromatic rings. The third-order valence-electron chi connectivity index (χ3n) is 4.07. The number of carbonyl (C=O) groups is 2. The lowest BCUT2D eigenvalue weighted by molar-refractivity contribution is -0.121. The second kappa shape index (κ2) is 7.70. The summed E-state index contributed by atoms with van der Waals surface area (Å²) in [6, 6.07) is 11.2. The second-order valence-corrected chi connectivity index (χ2v) is 7.49. The number of hydrogen-bond acceptors (Lipinski definition) is 6. The Hall–Kier alpha value is -2.67. The zero-order chi connectivity index (χ0) is 18.7. The van der Waals surface area contributed by atoms with Crippen molar-refractivity contribution in [1.29, 1.82) is 0 Å². The van der Waals surface area contributed by atoms with Gasteiger partial charge in [-0.15, -0.1) is 11.8 Å². The number of amides is 1. The van der Waals surface area contributed by atoms with Gasteiger partial charge in [0.25, 0.3) is 5.91 Å². The van der Waals surface area contributed by atoms with Crippen LogP contribution in [-0.2, 0) is 9.53 Å². The molecule has 0 bridgehead atoms. The predicted molar refractivity (Wildman–Crippen MR) is 98.8 cm³/mol. The summed E-state index contributed by atoms with van der Waals surface area (Å²) in [5.41, 5.74) is 0.714. The first kappa shape index (κ1) is 18.1. The maximum Gasteiger partial charge on any atom is 0.342 e. The molecule has 1 aliphatic rings. The van der Waals surface area contributed by atoms with Crippen LogP contribution in [0.5, 0.6) is 11.5 Å². The van der Waals surface area contributed by atoms with E-state index >= 15 is 0 Å². The van der Waals surface area contributed by atoms with E-state index in [1.165, 1.54) is 12.1 Å². The molecule has 6 nitrogen and oxygen atoms in total. The summed E-state index contributed by atoms with van der Waals surface area (Å²) in [5.74, 6) is -1.70. The van der Waals surface area contributed by atoms with Gasteiger partial charge in [0.05, 0.1) is 5.69 Å². The smallest absolute Gasteiger partial charge is 0.342 e. The minimum absolute atomic E-state index is 0.101. The Balaban J connectivity index is 1.71. The standard InChI is InChI=1S/C19H19NO5S/c1-12-8-9-20(15-4-2-3-5-17(15)26-12)18(23)11-25-19(24)14-7-6-13(21)10-16(14)22/h2-7,10,12,21-22H,8-9,11H2,1H3/t12-/m0/s1. The molecule has 2 N–H and O–H groups in total. The van der Waals surface area contributed by atoms with Gasteiger partial charge in [0.15, 0.2) is 6.61 Å². The van der Waals surface area contributed by atoms with Gasteiger partial charge in [0, 0.05) is 22.8 Å². The summed E-state index contributed by atoms with van der Waals surface area (Å²) in [6.45, 7) is 2.24. The average Bonchev–Trinajstić information content (AvgIpc) is 2.77. The van der Waals surface area contributed by atoms with Crippen molar-refractivity contribution < 1.29 is 24.5 Å². The van der Waals surface area contributed by atoms with Crippen LogP contribution in [0.15, 0.2) is 47.4 Å². The van der Waals surface area contributed by atoms with Gasteiger partial charge in [-0.05, 0) is 30.7 Å². The number of carbonyl (C=O) groups excluding carboxylic acids is 2. The van der Waals surface area contributed by atoms with Crippen LogP contribution >= 0.6 is 11.8 Å². The molecule has 26 heavy (non-hydrogen) atoms. The lowest BCUT2D eigenvalue weighted by Crippen LogP contribution is -2.35. The SMILES string of the molecule is C[C@H]1CCN(C(=O)COC(=O)c2ccc(O)cc2O)c2ccccc2S1. The van der Waals surface area contributed by atoms with Crippen LogP contribution in [0.3, 0.4) is 0 Å². The molecule has 1 heterocycles. The lowest BCUT2D eigenvalue weighted by atomic mass is 10.2. The third kappa shape index (κ3) is 3.94. The summed E-state index contributed by atoms with van der Waals surface area (Å²) < 4.78 is 5.07. The highest BCUT2D eigenvalue weighted by molar-refractivity contribution is 8.00. The van der Waals surface area contributed by atoms with Gasteiger partial charge in [0.1, 0.15) is 17.1 Å². The number of rotatable bonds is 3. The number of phenols is 2. The number of fused-ring (bicyclic) bond motifs is 1. The highest BCUT2D eigenvalue weighted by atomic mass is 32.2. The molecule has 0 saturated heterocycles. The molecule has 0 fully saturated rings. The van der Waals surface area contributed by atoms with Gasteiger partial charge in [-0.25, -0.2) is 4.79 Å². The monoisotopic (exact) mass is 373 g/mol. The Morgan fingerprint density at radius 1 is 1.23 bits per heavy atom. The van der Waals surface area contributed by atoms with Crippen molar-refractivity contribution in [3.63, 3.8) is 0 Å². The molecule has 2 aromatic carbocycles. The molecule has 136 valence electrons. The van der Waals surface area contributed by atoms with Crippen molar-refractivity contribution in [2.45, 2.75) is 23.5 Å². The van der Waals surface area contributed by atoms with Crippen LogP contribution in [0.1, 0.15) is 23.7 Å². The van der Waals surface area contributed by atoms with E-state index in [0.717, 1.165) is 23.1 Å². The van der Waals surface area contributed by atoms with E-state index in [1.807, 2.05) is 24.3 Å². The molecule has 7 heteroatoms. The summed E-state index contributed by atoms with van der Waals surface area (Å²) in [5, 5.41) is 19.4. The largest absolute Gasteiger partial charge is 0.508 e. The molecule has 0 spiro atoms.